The van der Waals surface area contributed by atoms with E-state index in [9.17, 15) is 0 Å². The Morgan fingerprint density at radius 3 is 1.25 bits per heavy atom. The van der Waals surface area contributed by atoms with Crippen molar-refractivity contribution in [2.75, 3.05) is 28.4 Å². The first-order chi connectivity index (χ1) is 25.1. The summed E-state index contributed by atoms with van der Waals surface area (Å²) < 4.78 is 33.6. The minimum atomic E-state index is 0.419. The van der Waals surface area contributed by atoms with E-state index < -0.39 is 0 Å². The Labute approximate surface area is 292 Å². The molecular weight excluding hydrogens is 640 g/mol. The molecule has 0 fully saturated rings. The molecule has 0 aliphatic rings. The van der Waals surface area contributed by atoms with Gasteiger partial charge in [-0.3, -0.25) is 0 Å². The molecule has 0 unspecified atom stereocenters. The quantitative estimate of drug-likeness (QED) is 0.159. The first-order valence-electron chi connectivity index (χ1n) is 16.4. The summed E-state index contributed by atoms with van der Waals surface area (Å²) in [5.74, 6) is 3.96. The molecule has 250 valence electrons. The number of ether oxygens (including phenoxy) is 4. The van der Waals surface area contributed by atoms with E-state index in [4.69, 9.17) is 23.4 Å². The van der Waals surface area contributed by atoms with Crippen LogP contribution in [0, 0.1) is 0 Å². The van der Waals surface area contributed by atoms with Crippen molar-refractivity contribution in [2.24, 2.45) is 0 Å². The maximum Gasteiger partial charge on any atom is 0.248 e. The summed E-state index contributed by atoms with van der Waals surface area (Å²) in [4.78, 5) is 0. The van der Waals surface area contributed by atoms with Crippen LogP contribution in [-0.2, 0) is 0 Å². The van der Waals surface area contributed by atoms with Crippen molar-refractivity contribution in [1.82, 2.24) is 19.3 Å². The van der Waals surface area contributed by atoms with Crippen LogP contribution in [0.4, 0.5) is 0 Å². The smallest absolute Gasteiger partial charge is 0.248 e. The largest absolute Gasteiger partial charge is 0.497 e. The molecule has 0 atom stereocenters. The van der Waals surface area contributed by atoms with Crippen LogP contribution in [0.15, 0.2) is 126 Å². The van der Waals surface area contributed by atoms with Gasteiger partial charge in [0.1, 0.15) is 23.0 Å². The lowest BCUT2D eigenvalue weighted by Gasteiger charge is -2.18. The summed E-state index contributed by atoms with van der Waals surface area (Å²) in [6.45, 7) is 0. The Morgan fingerprint density at radius 1 is 0.412 bits per heavy atom. The second kappa shape index (κ2) is 12.0. The third-order valence-corrected chi connectivity index (χ3v) is 9.51. The minimum absolute atomic E-state index is 0.419. The summed E-state index contributed by atoms with van der Waals surface area (Å²) in [5.41, 5.74) is 7.52. The Kier molecular flexibility index (Phi) is 7.13. The molecule has 3 aromatic heterocycles. The zero-order valence-corrected chi connectivity index (χ0v) is 28.4. The molecule has 3 heterocycles. The third-order valence-electron chi connectivity index (χ3n) is 9.51. The number of hydrogen-bond donors (Lipinski definition) is 0. The van der Waals surface area contributed by atoms with E-state index in [1.807, 2.05) is 60.7 Å². The van der Waals surface area contributed by atoms with Crippen LogP contribution in [0.3, 0.4) is 0 Å². The van der Waals surface area contributed by atoms with Crippen LogP contribution >= 0.6 is 0 Å². The van der Waals surface area contributed by atoms with Gasteiger partial charge in [0.25, 0.3) is 0 Å². The van der Waals surface area contributed by atoms with Crippen LogP contribution in [0.5, 0.6) is 23.0 Å². The van der Waals surface area contributed by atoms with Gasteiger partial charge in [-0.2, -0.15) is 0 Å². The van der Waals surface area contributed by atoms with Gasteiger partial charge in [-0.05, 0) is 103 Å². The molecule has 0 amide bonds. The lowest BCUT2D eigenvalue weighted by Crippen LogP contribution is -2.04. The monoisotopic (exact) mass is 672 g/mol. The first-order valence-corrected chi connectivity index (χ1v) is 16.4. The summed E-state index contributed by atoms with van der Waals surface area (Å²) in [5, 5.41) is 13.0. The zero-order valence-electron chi connectivity index (χ0n) is 28.4. The molecule has 6 aromatic carbocycles. The van der Waals surface area contributed by atoms with Gasteiger partial charge in [-0.25, -0.2) is 0 Å². The SMILES string of the molecule is COc1ccc2c(c1)c1cc(OC)ccc1n2-c1ccc(-c2nnc(-c3ccccc3)o2)cc1-n1c2ccc(OC)cc2c2cc(OC)ccc21. The highest BCUT2D eigenvalue weighted by Crippen LogP contribution is 2.42. The Hall–Kier alpha value is -6.74. The normalized spacial score (nSPS) is 11.5. The van der Waals surface area contributed by atoms with Crippen molar-refractivity contribution in [2.45, 2.75) is 0 Å². The van der Waals surface area contributed by atoms with Crippen LogP contribution in [0.1, 0.15) is 0 Å². The van der Waals surface area contributed by atoms with Gasteiger partial charge >= 0.3 is 0 Å². The molecule has 0 aliphatic carbocycles. The molecule has 0 bridgehead atoms. The van der Waals surface area contributed by atoms with Gasteiger partial charge in [0.2, 0.25) is 11.8 Å². The predicted molar refractivity (Wildman–Crippen MR) is 200 cm³/mol. The fourth-order valence-corrected chi connectivity index (χ4v) is 7.05. The predicted octanol–water partition coefficient (Wildman–Crippen LogP) is 9.63. The van der Waals surface area contributed by atoms with Gasteiger partial charge < -0.3 is 32.5 Å². The molecule has 0 aliphatic heterocycles. The van der Waals surface area contributed by atoms with E-state index in [0.717, 1.165) is 89.1 Å². The van der Waals surface area contributed by atoms with Gasteiger partial charge in [0.05, 0.1) is 61.9 Å². The van der Waals surface area contributed by atoms with E-state index in [-0.39, 0.29) is 0 Å². The minimum Gasteiger partial charge on any atom is -0.497 e. The van der Waals surface area contributed by atoms with Crippen molar-refractivity contribution >= 4 is 43.6 Å². The van der Waals surface area contributed by atoms with Crippen LogP contribution in [-0.4, -0.2) is 47.8 Å². The molecule has 9 aromatic rings. The number of methoxy groups -OCH3 is 4. The number of fused-ring (bicyclic) bond motifs is 6. The number of rotatable bonds is 8. The summed E-state index contributed by atoms with van der Waals surface area (Å²) in [7, 11) is 6.74. The van der Waals surface area contributed by atoms with E-state index in [1.54, 1.807) is 28.4 Å². The molecule has 0 spiro atoms. The maximum absolute atomic E-state index is 6.29. The fourth-order valence-electron chi connectivity index (χ4n) is 7.05. The first kappa shape index (κ1) is 30.3. The lowest BCUT2D eigenvalue weighted by atomic mass is 10.1. The number of benzene rings is 6. The fraction of sp³-hybridized carbons (Fsp3) is 0.0952. The lowest BCUT2D eigenvalue weighted by molar-refractivity contribution is 0.415. The van der Waals surface area contributed by atoms with E-state index >= 15 is 0 Å². The average Bonchev–Trinajstić information content (AvgIpc) is 3.90. The second-order valence-corrected chi connectivity index (χ2v) is 12.2. The third kappa shape index (κ3) is 4.85. The van der Waals surface area contributed by atoms with Crippen molar-refractivity contribution in [1.29, 1.82) is 0 Å². The Balaban J connectivity index is 1.38. The summed E-state index contributed by atoms with van der Waals surface area (Å²) >= 11 is 0. The molecule has 9 rings (SSSR count). The zero-order chi connectivity index (χ0) is 34.6. The molecule has 0 saturated heterocycles. The van der Waals surface area contributed by atoms with Crippen LogP contribution in [0.25, 0.3) is 77.9 Å². The van der Waals surface area contributed by atoms with Crippen molar-refractivity contribution in [3.63, 3.8) is 0 Å². The van der Waals surface area contributed by atoms with E-state index in [1.165, 1.54) is 0 Å². The Bertz CT molecular complexity index is 2640. The maximum atomic E-state index is 6.29. The topological polar surface area (TPSA) is 85.7 Å². The molecular formula is C42H32N4O5. The summed E-state index contributed by atoms with van der Waals surface area (Å²) in [6.07, 6.45) is 0. The summed E-state index contributed by atoms with van der Waals surface area (Å²) in [6, 6.07) is 40.7. The van der Waals surface area contributed by atoms with Crippen molar-refractivity contribution < 1.29 is 23.4 Å². The molecule has 0 saturated carbocycles. The van der Waals surface area contributed by atoms with Gasteiger partial charge in [-0.1, -0.05) is 18.2 Å². The molecule has 0 N–H and O–H groups in total. The highest BCUT2D eigenvalue weighted by atomic mass is 16.5. The van der Waals surface area contributed by atoms with Crippen LogP contribution in [0.2, 0.25) is 0 Å². The average molecular weight is 673 g/mol. The second-order valence-electron chi connectivity index (χ2n) is 12.2. The molecule has 51 heavy (non-hydrogen) atoms. The van der Waals surface area contributed by atoms with Gasteiger partial charge in [-0.15, -0.1) is 10.2 Å². The number of hydrogen-bond acceptors (Lipinski definition) is 7. The van der Waals surface area contributed by atoms with Gasteiger partial charge in [0.15, 0.2) is 0 Å². The van der Waals surface area contributed by atoms with Crippen LogP contribution < -0.4 is 18.9 Å². The highest BCUT2D eigenvalue weighted by Gasteiger charge is 2.23. The number of aromatic nitrogens is 4. The van der Waals surface area contributed by atoms with Gasteiger partial charge in [0, 0.05) is 32.7 Å². The number of nitrogens with zero attached hydrogens (tertiary/aromatic N) is 4. The van der Waals surface area contributed by atoms with Crippen molar-refractivity contribution in [3.8, 4) is 57.3 Å². The van der Waals surface area contributed by atoms with E-state index in [2.05, 4.69) is 80.0 Å². The highest BCUT2D eigenvalue weighted by molar-refractivity contribution is 6.12. The Morgan fingerprint density at radius 2 is 0.824 bits per heavy atom. The molecule has 0 radical (unpaired) electrons. The standard InChI is InChI=1S/C42H32N4O5/c1-47-27-11-16-35-31(21-27)32-22-28(48-2)12-17-36(32)45(35)39-15-10-26(42-44-43-41(51-42)25-8-6-5-7-9-25)20-40(39)46-37-18-13-29(49-3)23-33(37)34-24-30(50-4)14-19-38(34)46/h5-24H,1-4H3. The molecule has 9 nitrogen and oxygen atoms in total. The van der Waals surface area contributed by atoms with E-state index in [0.29, 0.717) is 11.8 Å². The molecule has 9 heteroatoms. The van der Waals surface area contributed by atoms with Crippen molar-refractivity contribution in [3.05, 3.63) is 121 Å².